The first-order valence-electron chi connectivity index (χ1n) is 10.5. The Labute approximate surface area is 210 Å². The number of aromatic nitrogens is 1. The molecule has 5 aromatic rings. The molecule has 0 bridgehead atoms. The molecule has 0 radical (unpaired) electrons. The van der Waals surface area contributed by atoms with Crippen LogP contribution < -0.4 is 10.1 Å². The van der Waals surface area contributed by atoms with Gasteiger partial charge in [-0.1, -0.05) is 65.7 Å². The number of benzene rings is 4. The second-order valence-electron chi connectivity index (χ2n) is 7.55. The van der Waals surface area contributed by atoms with E-state index in [1.54, 1.807) is 36.4 Å². The van der Waals surface area contributed by atoms with Gasteiger partial charge in [0.05, 0.1) is 20.9 Å². The lowest BCUT2D eigenvalue weighted by Crippen LogP contribution is -2.13. The molecule has 0 aliphatic rings. The molecule has 0 aliphatic heterocycles. The topological polar surface area (TPSA) is 51.2 Å². The number of rotatable bonds is 6. The van der Waals surface area contributed by atoms with Crippen molar-refractivity contribution in [3.63, 3.8) is 0 Å². The lowest BCUT2D eigenvalue weighted by molar-refractivity contribution is 0.102. The Bertz CT molecular complexity index is 1430. The van der Waals surface area contributed by atoms with Crippen molar-refractivity contribution in [1.82, 2.24) is 4.98 Å². The third-order valence-corrected chi connectivity index (χ3v) is 6.77. The van der Waals surface area contributed by atoms with Crippen LogP contribution >= 0.6 is 34.5 Å². The lowest BCUT2D eigenvalue weighted by atomic mass is 10.1. The Kier molecular flexibility index (Phi) is 6.50. The SMILES string of the molecule is O=C(Nc1c(Cl)cc(Cl)cc1-c1nc2ccccc2s1)c1ccc(OCc2ccccc2)cc1. The first-order chi connectivity index (χ1) is 16.6. The highest BCUT2D eigenvalue weighted by molar-refractivity contribution is 7.21. The molecule has 4 nitrogen and oxygen atoms in total. The summed E-state index contributed by atoms with van der Waals surface area (Å²) in [6.45, 7) is 0.457. The van der Waals surface area contributed by atoms with E-state index >= 15 is 0 Å². The number of para-hydroxylation sites is 1. The lowest BCUT2D eigenvalue weighted by Gasteiger charge is -2.13. The van der Waals surface area contributed by atoms with Crippen molar-refractivity contribution in [1.29, 1.82) is 0 Å². The summed E-state index contributed by atoms with van der Waals surface area (Å²) in [7, 11) is 0. The summed E-state index contributed by atoms with van der Waals surface area (Å²) in [4.78, 5) is 17.7. The number of nitrogens with zero attached hydrogens (tertiary/aromatic N) is 1. The number of thiazole rings is 1. The molecule has 1 amide bonds. The van der Waals surface area contributed by atoms with Crippen LogP contribution in [0, 0.1) is 0 Å². The van der Waals surface area contributed by atoms with Crippen LogP contribution in [-0.4, -0.2) is 10.9 Å². The third kappa shape index (κ3) is 4.92. The van der Waals surface area contributed by atoms with E-state index in [-0.39, 0.29) is 5.91 Å². The van der Waals surface area contributed by atoms with Gasteiger partial charge < -0.3 is 10.1 Å². The highest BCUT2D eigenvalue weighted by atomic mass is 35.5. The van der Waals surface area contributed by atoms with Crippen LogP contribution in [0.25, 0.3) is 20.8 Å². The molecule has 168 valence electrons. The molecule has 0 aliphatic carbocycles. The van der Waals surface area contributed by atoms with Gasteiger partial charge in [0.25, 0.3) is 5.91 Å². The van der Waals surface area contributed by atoms with Gasteiger partial charge >= 0.3 is 0 Å². The van der Waals surface area contributed by atoms with Gasteiger partial charge in [0.15, 0.2) is 0 Å². The van der Waals surface area contributed by atoms with E-state index in [0.29, 0.717) is 39.2 Å². The van der Waals surface area contributed by atoms with Crippen LogP contribution in [0.1, 0.15) is 15.9 Å². The highest BCUT2D eigenvalue weighted by Gasteiger charge is 2.18. The van der Waals surface area contributed by atoms with E-state index < -0.39 is 0 Å². The summed E-state index contributed by atoms with van der Waals surface area (Å²) in [5.74, 6) is 0.390. The number of anilines is 1. The maximum Gasteiger partial charge on any atom is 0.255 e. The predicted molar refractivity (Wildman–Crippen MR) is 140 cm³/mol. The molecule has 1 heterocycles. The zero-order chi connectivity index (χ0) is 23.5. The van der Waals surface area contributed by atoms with E-state index in [0.717, 1.165) is 20.8 Å². The Morgan fingerprint density at radius 3 is 2.41 bits per heavy atom. The Hall–Kier alpha value is -3.38. The molecular weight excluding hydrogens is 487 g/mol. The zero-order valence-electron chi connectivity index (χ0n) is 17.8. The van der Waals surface area contributed by atoms with Crippen molar-refractivity contribution in [2.75, 3.05) is 5.32 Å². The number of hydrogen-bond donors (Lipinski definition) is 1. The predicted octanol–water partition coefficient (Wildman–Crippen LogP) is 8.10. The summed E-state index contributed by atoms with van der Waals surface area (Å²) in [5.41, 5.74) is 3.58. The van der Waals surface area contributed by atoms with E-state index in [1.807, 2.05) is 54.6 Å². The molecule has 1 N–H and O–H groups in total. The standard InChI is InChI=1S/C27H18Cl2N2O2S/c28-19-14-21(27-30-23-8-4-5-9-24(23)34-27)25(22(29)15-19)31-26(32)18-10-12-20(13-11-18)33-16-17-6-2-1-3-7-17/h1-15H,16H2,(H,31,32). The molecule has 4 aromatic carbocycles. The van der Waals surface area contributed by atoms with E-state index in [2.05, 4.69) is 5.32 Å². The Balaban J connectivity index is 1.37. The molecule has 0 unspecified atom stereocenters. The van der Waals surface area contributed by atoms with E-state index in [1.165, 1.54) is 11.3 Å². The third-order valence-electron chi connectivity index (χ3n) is 5.18. The number of halogens is 2. The van der Waals surface area contributed by atoms with E-state index in [4.69, 9.17) is 32.9 Å². The van der Waals surface area contributed by atoms with Gasteiger partial charge in [-0.15, -0.1) is 11.3 Å². The number of hydrogen-bond acceptors (Lipinski definition) is 4. The zero-order valence-corrected chi connectivity index (χ0v) is 20.1. The number of amides is 1. The second kappa shape index (κ2) is 9.85. The maximum absolute atomic E-state index is 13.0. The van der Waals surface area contributed by atoms with Crippen LogP contribution in [0.3, 0.4) is 0 Å². The monoisotopic (exact) mass is 504 g/mol. The molecule has 5 rings (SSSR count). The Morgan fingerprint density at radius 2 is 1.65 bits per heavy atom. The van der Waals surface area contributed by atoms with Gasteiger partial charge in [-0.05, 0) is 54.1 Å². The minimum absolute atomic E-state index is 0.291. The normalized spacial score (nSPS) is 10.9. The maximum atomic E-state index is 13.0. The van der Waals surface area contributed by atoms with Gasteiger partial charge in [0.2, 0.25) is 0 Å². The smallest absolute Gasteiger partial charge is 0.255 e. The van der Waals surface area contributed by atoms with Crippen molar-refractivity contribution in [3.05, 3.63) is 112 Å². The average Bonchev–Trinajstić information content (AvgIpc) is 3.29. The number of carbonyl (C=O) groups excluding carboxylic acids is 1. The van der Waals surface area contributed by atoms with Crippen molar-refractivity contribution < 1.29 is 9.53 Å². The van der Waals surface area contributed by atoms with Gasteiger partial charge in [-0.25, -0.2) is 4.98 Å². The number of fused-ring (bicyclic) bond motifs is 1. The van der Waals surface area contributed by atoms with Crippen molar-refractivity contribution in [2.45, 2.75) is 6.61 Å². The number of carbonyl (C=O) groups is 1. The van der Waals surface area contributed by atoms with E-state index in [9.17, 15) is 4.79 Å². The van der Waals surface area contributed by atoms with Gasteiger partial charge in [0.1, 0.15) is 17.4 Å². The first kappa shape index (κ1) is 22.4. The number of ether oxygens (including phenoxy) is 1. The minimum atomic E-state index is -0.291. The molecule has 1 aromatic heterocycles. The highest BCUT2D eigenvalue weighted by Crippen LogP contribution is 2.40. The molecule has 0 fully saturated rings. The van der Waals surface area contributed by atoms with Crippen molar-refractivity contribution in [2.24, 2.45) is 0 Å². The van der Waals surface area contributed by atoms with Crippen LogP contribution in [0.2, 0.25) is 10.0 Å². The van der Waals surface area contributed by atoms with Gasteiger partial charge in [-0.3, -0.25) is 4.79 Å². The summed E-state index contributed by atoms with van der Waals surface area (Å²) < 4.78 is 6.85. The molecule has 0 saturated carbocycles. The van der Waals surface area contributed by atoms with Gasteiger partial charge in [-0.2, -0.15) is 0 Å². The second-order valence-corrected chi connectivity index (χ2v) is 9.42. The fraction of sp³-hybridized carbons (Fsp3) is 0.0370. The minimum Gasteiger partial charge on any atom is -0.489 e. The van der Waals surface area contributed by atoms with Crippen LogP contribution in [0.5, 0.6) is 5.75 Å². The van der Waals surface area contributed by atoms with Crippen molar-refractivity contribution in [3.8, 4) is 16.3 Å². The summed E-state index contributed by atoms with van der Waals surface area (Å²) in [6.07, 6.45) is 0. The summed E-state index contributed by atoms with van der Waals surface area (Å²) in [5, 5.41) is 4.48. The van der Waals surface area contributed by atoms with Gasteiger partial charge in [0, 0.05) is 16.1 Å². The van der Waals surface area contributed by atoms with Crippen LogP contribution in [-0.2, 0) is 6.61 Å². The quantitative estimate of drug-likeness (QED) is 0.254. The fourth-order valence-corrected chi connectivity index (χ4v) is 5.01. The Morgan fingerprint density at radius 1 is 0.912 bits per heavy atom. The summed E-state index contributed by atoms with van der Waals surface area (Å²) in [6, 6.07) is 28.1. The van der Waals surface area contributed by atoms with Crippen LogP contribution in [0.15, 0.2) is 91.0 Å². The molecule has 0 atom stereocenters. The van der Waals surface area contributed by atoms with Crippen molar-refractivity contribution >= 4 is 56.3 Å². The first-order valence-corrected chi connectivity index (χ1v) is 12.1. The summed E-state index contributed by atoms with van der Waals surface area (Å²) >= 11 is 14.3. The molecule has 34 heavy (non-hydrogen) atoms. The largest absolute Gasteiger partial charge is 0.489 e. The van der Waals surface area contributed by atoms with Crippen LogP contribution in [0.4, 0.5) is 5.69 Å². The molecule has 0 saturated heterocycles. The molecule has 7 heteroatoms. The fourth-order valence-electron chi connectivity index (χ4n) is 3.49. The molecular formula is C27H18Cl2N2O2S. The average molecular weight is 505 g/mol. The molecule has 0 spiro atoms. The number of nitrogens with one attached hydrogen (secondary N) is 1.